The number of carbonyl (C=O) groups is 2. The summed E-state index contributed by atoms with van der Waals surface area (Å²) >= 11 is 0. The number of rotatable bonds is 4. The van der Waals surface area contributed by atoms with E-state index in [4.69, 9.17) is 0 Å². The monoisotopic (exact) mass is 328 g/mol. The number of nitrogens with zero attached hydrogens (tertiary/aromatic N) is 4. The quantitative estimate of drug-likeness (QED) is 0.864. The molecule has 1 fully saturated rings. The molecule has 0 bridgehead atoms. The highest BCUT2D eigenvalue weighted by atomic mass is 16.2. The SMILES string of the molecule is CCCC[C@H]1C(=O)N(C)CCN1C(=O)c1cccn2cc(C)nc12. The zero-order chi connectivity index (χ0) is 17.3. The van der Waals surface area contributed by atoms with E-state index in [1.54, 1.807) is 15.9 Å². The maximum Gasteiger partial charge on any atom is 0.258 e. The second-order valence-electron chi connectivity index (χ2n) is 6.45. The van der Waals surface area contributed by atoms with Crippen molar-refractivity contribution >= 4 is 17.5 Å². The average molecular weight is 328 g/mol. The summed E-state index contributed by atoms with van der Waals surface area (Å²) in [5.41, 5.74) is 2.08. The number of aryl methyl sites for hydroxylation is 1. The number of likely N-dealkylation sites (N-methyl/N-ethyl adjacent to an activating group) is 1. The fourth-order valence-electron chi connectivity index (χ4n) is 3.29. The van der Waals surface area contributed by atoms with Crippen molar-refractivity contribution in [2.24, 2.45) is 0 Å². The Morgan fingerprint density at radius 2 is 2.17 bits per heavy atom. The van der Waals surface area contributed by atoms with Gasteiger partial charge in [-0.15, -0.1) is 0 Å². The fraction of sp³-hybridized carbons (Fsp3) is 0.500. The van der Waals surface area contributed by atoms with Crippen LogP contribution in [0, 0.1) is 6.92 Å². The van der Waals surface area contributed by atoms with Crippen molar-refractivity contribution in [2.75, 3.05) is 20.1 Å². The summed E-state index contributed by atoms with van der Waals surface area (Å²) in [7, 11) is 1.81. The van der Waals surface area contributed by atoms with Crippen LogP contribution in [0.25, 0.3) is 5.65 Å². The Bertz CT molecular complexity index is 767. The van der Waals surface area contributed by atoms with Crippen LogP contribution in [0.4, 0.5) is 0 Å². The molecule has 0 aromatic carbocycles. The van der Waals surface area contributed by atoms with Crippen LogP contribution in [-0.2, 0) is 4.79 Å². The third kappa shape index (κ3) is 2.88. The number of unbranched alkanes of at least 4 members (excludes halogenated alkanes) is 1. The van der Waals surface area contributed by atoms with Gasteiger partial charge in [-0.25, -0.2) is 4.98 Å². The van der Waals surface area contributed by atoms with E-state index in [1.807, 2.05) is 36.8 Å². The van der Waals surface area contributed by atoms with Gasteiger partial charge in [0.1, 0.15) is 11.7 Å². The molecule has 0 N–H and O–H groups in total. The normalized spacial score (nSPS) is 18.5. The Morgan fingerprint density at radius 1 is 1.38 bits per heavy atom. The number of imidazole rings is 1. The fourth-order valence-corrected chi connectivity index (χ4v) is 3.29. The van der Waals surface area contributed by atoms with Gasteiger partial charge in [0.25, 0.3) is 5.91 Å². The van der Waals surface area contributed by atoms with E-state index >= 15 is 0 Å². The molecule has 2 amide bonds. The summed E-state index contributed by atoms with van der Waals surface area (Å²) in [5, 5.41) is 0. The van der Waals surface area contributed by atoms with Crippen molar-refractivity contribution in [3.05, 3.63) is 35.8 Å². The van der Waals surface area contributed by atoms with Crippen molar-refractivity contribution in [2.45, 2.75) is 39.2 Å². The topological polar surface area (TPSA) is 57.9 Å². The van der Waals surface area contributed by atoms with Gasteiger partial charge in [0.05, 0.1) is 11.3 Å². The number of aromatic nitrogens is 2. The molecule has 6 nitrogen and oxygen atoms in total. The van der Waals surface area contributed by atoms with Crippen LogP contribution >= 0.6 is 0 Å². The first-order valence-electron chi connectivity index (χ1n) is 8.53. The van der Waals surface area contributed by atoms with Crippen LogP contribution in [0.5, 0.6) is 0 Å². The van der Waals surface area contributed by atoms with Crippen molar-refractivity contribution in [1.82, 2.24) is 19.2 Å². The lowest BCUT2D eigenvalue weighted by molar-refractivity contribution is -0.138. The molecule has 24 heavy (non-hydrogen) atoms. The van der Waals surface area contributed by atoms with Crippen LogP contribution < -0.4 is 0 Å². The molecule has 1 saturated heterocycles. The molecule has 0 aliphatic carbocycles. The molecule has 3 heterocycles. The molecule has 1 atom stereocenters. The van der Waals surface area contributed by atoms with Gasteiger partial charge in [0.15, 0.2) is 0 Å². The van der Waals surface area contributed by atoms with Gasteiger partial charge in [0, 0.05) is 32.5 Å². The molecule has 1 aliphatic rings. The molecule has 6 heteroatoms. The maximum absolute atomic E-state index is 13.2. The van der Waals surface area contributed by atoms with Gasteiger partial charge in [0.2, 0.25) is 5.91 Å². The zero-order valence-electron chi connectivity index (χ0n) is 14.5. The third-order valence-corrected chi connectivity index (χ3v) is 4.64. The maximum atomic E-state index is 13.2. The largest absolute Gasteiger partial charge is 0.342 e. The predicted molar refractivity (Wildman–Crippen MR) is 91.9 cm³/mol. The molecule has 128 valence electrons. The summed E-state index contributed by atoms with van der Waals surface area (Å²) in [5.74, 6) is -0.0664. The highest BCUT2D eigenvalue weighted by molar-refractivity contribution is 6.02. The number of fused-ring (bicyclic) bond motifs is 1. The predicted octanol–water partition coefficient (Wildman–Crippen LogP) is 2.12. The van der Waals surface area contributed by atoms with Crippen LogP contribution in [-0.4, -0.2) is 57.2 Å². The molecule has 0 unspecified atom stereocenters. The first-order valence-corrected chi connectivity index (χ1v) is 8.53. The van der Waals surface area contributed by atoms with Crippen LogP contribution in [0.2, 0.25) is 0 Å². The lowest BCUT2D eigenvalue weighted by atomic mass is 10.0. The Kier molecular flexibility index (Phi) is 4.55. The van der Waals surface area contributed by atoms with E-state index in [-0.39, 0.29) is 17.9 Å². The van der Waals surface area contributed by atoms with Gasteiger partial charge in [-0.05, 0) is 25.5 Å². The summed E-state index contributed by atoms with van der Waals surface area (Å²) in [6.07, 6.45) is 6.43. The summed E-state index contributed by atoms with van der Waals surface area (Å²) in [6.45, 7) is 5.14. The summed E-state index contributed by atoms with van der Waals surface area (Å²) in [4.78, 5) is 33.6. The van der Waals surface area contributed by atoms with E-state index in [9.17, 15) is 9.59 Å². The number of hydrogen-bond donors (Lipinski definition) is 0. The average Bonchev–Trinajstić information content (AvgIpc) is 2.95. The molecule has 2 aromatic rings. The zero-order valence-corrected chi connectivity index (χ0v) is 14.5. The van der Waals surface area contributed by atoms with Crippen molar-refractivity contribution < 1.29 is 9.59 Å². The van der Waals surface area contributed by atoms with E-state index in [0.717, 1.165) is 18.5 Å². The second-order valence-corrected chi connectivity index (χ2v) is 6.45. The first-order chi connectivity index (χ1) is 11.5. The first kappa shape index (κ1) is 16.5. The highest BCUT2D eigenvalue weighted by Gasteiger charge is 2.36. The Hall–Kier alpha value is -2.37. The van der Waals surface area contributed by atoms with E-state index in [0.29, 0.717) is 30.7 Å². The molecule has 2 aromatic heterocycles. The number of hydrogen-bond acceptors (Lipinski definition) is 3. The van der Waals surface area contributed by atoms with Crippen molar-refractivity contribution in [3.8, 4) is 0 Å². The molecule has 0 saturated carbocycles. The summed E-state index contributed by atoms with van der Waals surface area (Å²) in [6, 6.07) is 3.27. The van der Waals surface area contributed by atoms with Crippen LogP contribution in [0.3, 0.4) is 0 Å². The number of amides is 2. The second kappa shape index (κ2) is 6.63. The van der Waals surface area contributed by atoms with Gasteiger partial charge in [-0.3, -0.25) is 9.59 Å². The molecule has 3 rings (SSSR count). The standard InChI is InChI=1S/C18H24N4O2/c1-4-5-8-15-18(24)20(3)10-11-22(15)17(23)14-7-6-9-21-12-13(2)19-16(14)21/h6-7,9,12,15H,4-5,8,10-11H2,1-3H3/t15-/m0/s1. The third-order valence-electron chi connectivity index (χ3n) is 4.64. The van der Waals surface area contributed by atoms with Crippen LogP contribution in [0.15, 0.2) is 24.5 Å². The van der Waals surface area contributed by atoms with Gasteiger partial charge < -0.3 is 14.2 Å². The smallest absolute Gasteiger partial charge is 0.258 e. The lowest BCUT2D eigenvalue weighted by Crippen LogP contribution is -2.57. The Labute approximate surface area is 142 Å². The Morgan fingerprint density at radius 3 is 2.92 bits per heavy atom. The molecule has 0 spiro atoms. The van der Waals surface area contributed by atoms with E-state index in [2.05, 4.69) is 11.9 Å². The van der Waals surface area contributed by atoms with Gasteiger partial charge in [-0.2, -0.15) is 0 Å². The Balaban J connectivity index is 1.95. The molecule has 0 radical (unpaired) electrons. The van der Waals surface area contributed by atoms with Crippen molar-refractivity contribution in [3.63, 3.8) is 0 Å². The van der Waals surface area contributed by atoms with E-state index in [1.165, 1.54) is 0 Å². The molecule has 1 aliphatic heterocycles. The minimum atomic E-state index is -0.368. The minimum absolute atomic E-state index is 0.0366. The van der Waals surface area contributed by atoms with Gasteiger partial charge in [-0.1, -0.05) is 19.8 Å². The highest BCUT2D eigenvalue weighted by Crippen LogP contribution is 2.21. The van der Waals surface area contributed by atoms with E-state index < -0.39 is 0 Å². The minimum Gasteiger partial charge on any atom is -0.342 e. The summed E-state index contributed by atoms with van der Waals surface area (Å²) < 4.78 is 1.86. The number of carbonyl (C=O) groups excluding carboxylic acids is 2. The number of pyridine rings is 1. The van der Waals surface area contributed by atoms with Crippen LogP contribution in [0.1, 0.15) is 42.2 Å². The van der Waals surface area contributed by atoms with Crippen molar-refractivity contribution in [1.29, 1.82) is 0 Å². The molecular weight excluding hydrogens is 304 g/mol. The number of piperazine rings is 1. The molecular formula is C18H24N4O2. The van der Waals surface area contributed by atoms with Gasteiger partial charge >= 0.3 is 0 Å². The lowest BCUT2D eigenvalue weighted by Gasteiger charge is -2.39.